The van der Waals surface area contributed by atoms with Crippen LogP contribution in [-0.2, 0) is 14.3 Å². The lowest BCUT2D eigenvalue weighted by Crippen LogP contribution is -2.41. The number of nitrogens with one attached hydrogen (secondary N) is 1. The van der Waals surface area contributed by atoms with Crippen molar-refractivity contribution < 1.29 is 14.3 Å². The topological polar surface area (TPSA) is 82.4 Å². The summed E-state index contributed by atoms with van der Waals surface area (Å²) in [7, 11) is 0. The predicted octanol–water partition coefficient (Wildman–Crippen LogP) is 0.722. The van der Waals surface area contributed by atoms with Gasteiger partial charge in [-0.15, -0.1) is 0 Å². The second kappa shape index (κ2) is 7.41. The first-order chi connectivity index (χ1) is 11.2. The summed E-state index contributed by atoms with van der Waals surface area (Å²) in [4.78, 5) is 26.8. The lowest BCUT2D eigenvalue weighted by molar-refractivity contribution is -0.136. The normalized spacial score (nSPS) is 34.3. The smallest absolute Gasteiger partial charge is 0.223 e. The van der Waals surface area contributed by atoms with Crippen molar-refractivity contribution in [1.82, 2.24) is 10.2 Å². The van der Waals surface area contributed by atoms with Crippen LogP contribution in [0.3, 0.4) is 0 Å². The number of morpholine rings is 1. The highest BCUT2D eigenvalue weighted by Gasteiger charge is 2.39. The van der Waals surface area contributed by atoms with Gasteiger partial charge in [-0.25, -0.2) is 0 Å². The fourth-order valence-electron chi connectivity index (χ4n) is 4.08. The molecule has 126 valence electrons. The lowest BCUT2D eigenvalue weighted by atomic mass is 9.87. The maximum atomic E-state index is 12.6. The van der Waals surface area contributed by atoms with Crippen molar-refractivity contribution in [2.24, 2.45) is 17.8 Å². The number of carbonyl (C=O) groups excluding carboxylic acids is 2. The third-order valence-corrected chi connectivity index (χ3v) is 5.44. The maximum absolute atomic E-state index is 12.6. The van der Waals surface area contributed by atoms with Crippen LogP contribution in [-0.4, -0.2) is 55.5 Å². The SMILES string of the molecule is N#C[C@@H]1CCCC1C(=O)[C@@H]1C[C@H](CC(=O)N2CCOCC2)CN1. The van der Waals surface area contributed by atoms with Crippen molar-refractivity contribution in [3.8, 4) is 6.07 Å². The summed E-state index contributed by atoms with van der Waals surface area (Å²) in [5.41, 5.74) is 0. The number of nitriles is 1. The number of ketones is 1. The Balaban J connectivity index is 1.49. The molecule has 4 atom stereocenters. The molecule has 0 bridgehead atoms. The van der Waals surface area contributed by atoms with Gasteiger partial charge in [-0.3, -0.25) is 9.59 Å². The van der Waals surface area contributed by atoms with E-state index in [1.807, 2.05) is 4.90 Å². The van der Waals surface area contributed by atoms with Crippen LogP contribution in [0.2, 0.25) is 0 Å². The molecule has 0 radical (unpaired) electrons. The number of ether oxygens (including phenoxy) is 1. The summed E-state index contributed by atoms with van der Waals surface area (Å²) in [6.07, 6.45) is 3.89. The highest BCUT2D eigenvalue weighted by Crippen LogP contribution is 2.34. The van der Waals surface area contributed by atoms with Gasteiger partial charge in [-0.2, -0.15) is 5.26 Å². The highest BCUT2D eigenvalue weighted by atomic mass is 16.5. The largest absolute Gasteiger partial charge is 0.378 e. The molecule has 23 heavy (non-hydrogen) atoms. The van der Waals surface area contributed by atoms with Crippen molar-refractivity contribution >= 4 is 11.7 Å². The summed E-state index contributed by atoms with van der Waals surface area (Å²) in [6, 6.07) is 2.11. The molecule has 1 unspecified atom stereocenters. The van der Waals surface area contributed by atoms with Crippen LogP contribution >= 0.6 is 0 Å². The predicted molar refractivity (Wildman–Crippen MR) is 83.4 cm³/mol. The number of hydrogen-bond acceptors (Lipinski definition) is 5. The zero-order valence-electron chi connectivity index (χ0n) is 13.5. The van der Waals surface area contributed by atoms with Gasteiger partial charge in [0.05, 0.1) is 31.2 Å². The van der Waals surface area contributed by atoms with Gasteiger partial charge in [0, 0.05) is 25.4 Å². The summed E-state index contributed by atoms with van der Waals surface area (Å²) in [6.45, 7) is 3.30. The number of carbonyl (C=O) groups is 2. The Bertz CT molecular complexity index is 496. The van der Waals surface area contributed by atoms with Gasteiger partial charge in [-0.05, 0) is 31.7 Å². The van der Waals surface area contributed by atoms with Crippen LogP contribution in [0.4, 0.5) is 0 Å². The molecule has 1 N–H and O–H groups in total. The van der Waals surface area contributed by atoms with Crippen LogP contribution < -0.4 is 5.32 Å². The van der Waals surface area contributed by atoms with E-state index in [9.17, 15) is 9.59 Å². The lowest BCUT2D eigenvalue weighted by Gasteiger charge is -2.27. The van der Waals surface area contributed by atoms with Crippen LogP contribution in [0.25, 0.3) is 0 Å². The zero-order valence-corrected chi connectivity index (χ0v) is 13.5. The van der Waals surface area contributed by atoms with Gasteiger partial charge in [-0.1, -0.05) is 6.42 Å². The molecule has 3 fully saturated rings. The maximum Gasteiger partial charge on any atom is 0.223 e. The Morgan fingerprint density at radius 1 is 1.26 bits per heavy atom. The van der Waals surface area contributed by atoms with Crippen LogP contribution in [0.1, 0.15) is 32.1 Å². The standard InChI is InChI=1S/C17H25N3O3/c18-10-13-2-1-3-14(13)17(22)15-8-12(11-19-15)9-16(21)20-4-6-23-7-5-20/h12-15,19H,1-9,11H2/t12-,13+,14?,15+/m1/s1. The molecule has 0 aromatic heterocycles. The average Bonchev–Trinajstić information content (AvgIpc) is 3.24. The summed E-state index contributed by atoms with van der Waals surface area (Å²) < 4.78 is 5.27. The Morgan fingerprint density at radius 2 is 2.04 bits per heavy atom. The second-order valence-corrected chi connectivity index (χ2v) is 6.94. The summed E-state index contributed by atoms with van der Waals surface area (Å²) in [5, 5.41) is 12.4. The van der Waals surface area contributed by atoms with E-state index in [0.29, 0.717) is 32.7 Å². The van der Waals surface area contributed by atoms with Crippen LogP contribution in [0.15, 0.2) is 0 Å². The van der Waals surface area contributed by atoms with Gasteiger partial charge in [0.1, 0.15) is 0 Å². The molecule has 1 aliphatic carbocycles. The van der Waals surface area contributed by atoms with E-state index >= 15 is 0 Å². The summed E-state index contributed by atoms with van der Waals surface area (Å²) in [5.74, 6) is 0.366. The highest BCUT2D eigenvalue weighted by molar-refractivity contribution is 5.87. The van der Waals surface area contributed by atoms with Crippen LogP contribution in [0, 0.1) is 29.1 Å². The van der Waals surface area contributed by atoms with E-state index < -0.39 is 0 Å². The monoisotopic (exact) mass is 319 g/mol. The van der Waals surface area contributed by atoms with E-state index in [1.165, 1.54) is 0 Å². The molecule has 2 aliphatic heterocycles. The van der Waals surface area contributed by atoms with Gasteiger partial charge < -0.3 is 15.0 Å². The molecular weight excluding hydrogens is 294 g/mol. The molecule has 3 rings (SSSR count). The Labute approximate surface area is 137 Å². The quantitative estimate of drug-likeness (QED) is 0.826. The average molecular weight is 319 g/mol. The van der Waals surface area contributed by atoms with E-state index in [0.717, 1.165) is 32.2 Å². The molecule has 0 spiro atoms. The molecule has 1 amide bonds. The number of hydrogen-bond donors (Lipinski definition) is 1. The second-order valence-electron chi connectivity index (χ2n) is 6.94. The van der Waals surface area contributed by atoms with Gasteiger partial charge in [0.2, 0.25) is 5.91 Å². The zero-order chi connectivity index (χ0) is 16.2. The van der Waals surface area contributed by atoms with Gasteiger partial charge in [0.25, 0.3) is 0 Å². The first kappa shape index (κ1) is 16.4. The van der Waals surface area contributed by atoms with Gasteiger partial charge >= 0.3 is 0 Å². The molecule has 0 aromatic rings. The first-order valence-electron chi connectivity index (χ1n) is 8.71. The van der Waals surface area contributed by atoms with E-state index in [-0.39, 0.29) is 35.5 Å². The Morgan fingerprint density at radius 3 is 2.78 bits per heavy atom. The van der Waals surface area contributed by atoms with Crippen molar-refractivity contribution in [2.45, 2.75) is 38.1 Å². The molecular formula is C17H25N3O3. The molecule has 6 nitrogen and oxygen atoms in total. The number of Topliss-reactive ketones (excluding diaryl/α,β-unsaturated/α-hetero) is 1. The minimum atomic E-state index is -0.170. The molecule has 2 saturated heterocycles. The van der Waals surface area contributed by atoms with Gasteiger partial charge in [0.15, 0.2) is 5.78 Å². The molecule has 2 heterocycles. The van der Waals surface area contributed by atoms with E-state index in [1.54, 1.807) is 0 Å². The first-order valence-corrected chi connectivity index (χ1v) is 8.71. The molecule has 0 aromatic carbocycles. The fraction of sp³-hybridized carbons (Fsp3) is 0.824. The minimum Gasteiger partial charge on any atom is -0.378 e. The number of amides is 1. The van der Waals surface area contributed by atoms with Crippen molar-refractivity contribution in [3.63, 3.8) is 0 Å². The van der Waals surface area contributed by atoms with Crippen LogP contribution in [0.5, 0.6) is 0 Å². The fourth-order valence-corrected chi connectivity index (χ4v) is 4.08. The molecule has 3 aliphatic rings. The third kappa shape index (κ3) is 3.73. The number of rotatable bonds is 4. The molecule has 1 saturated carbocycles. The van der Waals surface area contributed by atoms with Crippen molar-refractivity contribution in [3.05, 3.63) is 0 Å². The summed E-state index contributed by atoms with van der Waals surface area (Å²) >= 11 is 0. The Hall–Kier alpha value is -1.45. The van der Waals surface area contributed by atoms with Crippen molar-refractivity contribution in [1.29, 1.82) is 5.26 Å². The Kier molecular flexibility index (Phi) is 5.29. The van der Waals surface area contributed by atoms with E-state index in [4.69, 9.17) is 10.00 Å². The molecule has 6 heteroatoms. The number of nitrogens with zero attached hydrogens (tertiary/aromatic N) is 2. The van der Waals surface area contributed by atoms with E-state index in [2.05, 4.69) is 11.4 Å². The minimum absolute atomic E-state index is 0.105. The third-order valence-electron chi connectivity index (χ3n) is 5.44. The van der Waals surface area contributed by atoms with Crippen molar-refractivity contribution in [2.75, 3.05) is 32.8 Å².